The van der Waals surface area contributed by atoms with Gasteiger partial charge in [0.05, 0.1) is 12.8 Å². The smallest absolute Gasteiger partial charge is 0.148 e. The van der Waals surface area contributed by atoms with Gasteiger partial charge in [-0.05, 0) is 19.1 Å². The van der Waals surface area contributed by atoms with Crippen LogP contribution in [0, 0.1) is 12.7 Å². The molecule has 4 N–H and O–H groups in total. The van der Waals surface area contributed by atoms with Gasteiger partial charge < -0.3 is 15.5 Å². The highest BCUT2D eigenvalue weighted by atomic mass is 19.1. The Morgan fingerprint density at radius 2 is 2.00 bits per heavy atom. The van der Waals surface area contributed by atoms with E-state index in [1.165, 1.54) is 19.2 Å². The molecule has 1 aromatic carbocycles. The van der Waals surface area contributed by atoms with Gasteiger partial charge in [0.15, 0.2) is 0 Å². The van der Waals surface area contributed by atoms with Gasteiger partial charge >= 0.3 is 0 Å². The molecule has 2 rings (SSSR count). The second-order valence-electron chi connectivity index (χ2n) is 4.43. The summed E-state index contributed by atoms with van der Waals surface area (Å²) in [5.41, 5.74) is 3.93. The third-order valence-corrected chi connectivity index (χ3v) is 3.06. The van der Waals surface area contributed by atoms with Crippen molar-refractivity contribution < 1.29 is 9.13 Å². The number of nitrogen functional groups attached to an aromatic ring is 1. The van der Waals surface area contributed by atoms with E-state index in [-0.39, 0.29) is 5.82 Å². The van der Waals surface area contributed by atoms with Crippen LogP contribution < -0.4 is 21.3 Å². The number of aryl methyl sites for hydroxylation is 1. The van der Waals surface area contributed by atoms with Gasteiger partial charge in [0.1, 0.15) is 29.0 Å². The predicted octanol–water partition coefficient (Wildman–Crippen LogP) is 2.52. The average molecular weight is 291 g/mol. The van der Waals surface area contributed by atoms with Gasteiger partial charge in [0, 0.05) is 18.1 Å². The summed E-state index contributed by atoms with van der Waals surface area (Å²) in [6.07, 6.45) is 0.671. The van der Waals surface area contributed by atoms with E-state index < -0.39 is 0 Å². The number of rotatable bonds is 5. The first kappa shape index (κ1) is 15.0. The molecular formula is C14H18FN5O. The Bertz CT molecular complexity index is 648. The maximum atomic E-state index is 13.2. The maximum absolute atomic E-state index is 13.2. The number of aromatic nitrogens is 2. The number of nitrogens with zero attached hydrogens (tertiary/aromatic N) is 2. The summed E-state index contributed by atoms with van der Waals surface area (Å²) in [4.78, 5) is 8.72. The Hall–Kier alpha value is -2.41. The molecule has 7 heteroatoms. The molecule has 0 saturated heterocycles. The lowest BCUT2D eigenvalue weighted by atomic mass is 10.2. The van der Waals surface area contributed by atoms with E-state index in [2.05, 4.69) is 20.7 Å². The lowest BCUT2D eigenvalue weighted by Gasteiger charge is -2.15. The van der Waals surface area contributed by atoms with Gasteiger partial charge in [-0.2, -0.15) is 0 Å². The van der Waals surface area contributed by atoms with Crippen molar-refractivity contribution in [3.63, 3.8) is 0 Å². The second kappa shape index (κ2) is 6.36. The molecule has 21 heavy (non-hydrogen) atoms. The molecule has 112 valence electrons. The number of hydrogen-bond acceptors (Lipinski definition) is 6. The van der Waals surface area contributed by atoms with Crippen LogP contribution in [0.5, 0.6) is 5.75 Å². The number of benzene rings is 1. The molecule has 1 heterocycles. The number of halogens is 1. The van der Waals surface area contributed by atoms with E-state index in [1.807, 2.05) is 13.8 Å². The molecule has 0 saturated carbocycles. The standard InChI is InChI=1S/C14H18FN5O/c1-4-12-18-13(8(2)14(19-12)20-16)17-10-6-5-9(15)7-11(10)21-3/h5-7H,4,16H2,1-3H3,(H2,17,18,19,20). The minimum absolute atomic E-state index is 0.365. The number of nitrogens with one attached hydrogen (secondary N) is 2. The number of anilines is 3. The molecule has 1 aromatic heterocycles. The van der Waals surface area contributed by atoms with E-state index in [0.29, 0.717) is 35.3 Å². The van der Waals surface area contributed by atoms with E-state index in [4.69, 9.17) is 10.6 Å². The minimum Gasteiger partial charge on any atom is -0.494 e. The number of hydrogen-bond donors (Lipinski definition) is 3. The molecule has 0 aliphatic rings. The highest BCUT2D eigenvalue weighted by molar-refractivity contribution is 5.68. The molecule has 0 aliphatic heterocycles. The number of nitrogens with two attached hydrogens (primary N) is 1. The van der Waals surface area contributed by atoms with Crippen molar-refractivity contribution in [1.29, 1.82) is 0 Å². The molecule has 0 fully saturated rings. The summed E-state index contributed by atoms with van der Waals surface area (Å²) in [6.45, 7) is 3.79. The Labute approximate surface area is 122 Å². The van der Waals surface area contributed by atoms with Crippen molar-refractivity contribution in [3.8, 4) is 5.75 Å². The fourth-order valence-corrected chi connectivity index (χ4v) is 1.88. The first-order valence-electron chi connectivity index (χ1n) is 6.53. The minimum atomic E-state index is -0.365. The zero-order valence-electron chi connectivity index (χ0n) is 12.2. The zero-order chi connectivity index (χ0) is 15.4. The number of hydrazine groups is 1. The Kier molecular flexibility index (Phi) is 4.54. The second-order valence-corrected chi connectivity index (χ2v) is 4.43. The van der Waals surface area contributed by atoms with Crippen molar-refractivity contribution in [2.24, 2.45) is 5.84 Å². The van der Waals surface area contributed by atoms with Crippen LogP contribution in [0.3, 0.4) is 0 Å². The fourth-order valence-electron chi connectivity index (χ4n) is 1.88. The molecule has 0 atom stereocenters. The SMILES string of the molecule is CCc1nc(NN)c(C)c(Nc2ccc(F)cc2OC)n1. The monoisotopic (exact) mass is 291 g/mol. The molecule has 0 aliphatic carbocycles. The molecule has 0 bridgehead atoms. The van der Waals surface area contributed by atoms with E-state index >= 15 is 0 Å². The van der Waals surface area contributed by atoms with Crippen LogP contribution in [0.2, 0.25) is 0 Å². The average Bonchev–Trinajstić information content (AvgIpc) is 2.50. The van der Waals surface area contributed by atoms with Crippen molar-refractivity contribution >= 4 is 17.3 Å². The van der Waals surface area contributed by atoms with Gasteiger partial charge in [-0.25, -0.2) is 20.2 Å². The van der Waals surface area contributed by atoms with E-state index in [0.717, 1.165) is 5.56 Å². The molecule has 2 aromatic rings. The summed E-state index contributed by atoms with van der Waals surface area (Å²) in [5, 5.41) is 3.13. The van der Waals surface area contributed by atoms with Crippen LogP contribution in [-0.4, -0.2) is 17.1 Å². The third kappa shape index (κ3) is 3.19. The van der Waals surface area contributed by atoms with Crippen LogP contribution in [0.15, 0.2) is 18.2 Å². The molecule has 0 amide bonds. The number of ether oxygens (including phenoxy) is 1. The summed E-state index contributed by atoms with van der Waals surface area (Å²) < 4.78 is 18.4. The summed E-state index contributed by atoms with van der Waals surface area (Å²) in [6, 6.07) is 4.25. The Morgan fingerprint density at radius 3 is 2.62 bits per heavy atom. The first-order chi connectivity index (χ1) is 10.1. The first-order valence-corrected chi connectivity index (χ1v) is 6.53. The highest BCUT2D eigenvalue weighted by Gasteiger charge is 2.12. The lowest BCUT2D eigenvalue weighted by Crippen LogP contribution is -2.14. The van der Waals surface area contributed by atoms with Crippen LogP contribution in [0.25, 0.3) is 0 Å². The van der Waals surface area contributed by atoms with Crippen LogP contribution >= 0.6 is 0 Å². The third-order valence-electron chi connectivity index (χ3n) is 3.06. The van der Waals surface area contributed by atoms with Crippen molar-refractivity contribution in [2.45, 2.75) is 20.3 Å². The van der Waals surface area contributed by atoms with E-state index in [1.54, 1.807) is 6.07 Å². The lowest BCUT2D eigenvalue weighted by molar-refractivity contribution is 0.413. The largest absolute Gasteiger partial charge is 0.494 e. The summed E-state index contributed by atoms with van der Waals surface area (Å²) in [7, 11) is 1.48. The van der Waals surface area contributed by atoms with Gasteiger partial charge in [-0.1, -0.05) is 6.92 Å². The highest BCUT2D eigenvalue weighted by Crippen LogP contribution is 2.30. The van der Waals surface area contributed by atoms with Gasteiger partial charge in [0.25, 0.3) is 0 Å². The van der Waals surface area contributed by atoms with Crippen molar-refractivity contribution in [1.82, 2.24) is 9.97 Å². The van der Waals surface area contributed by atoms with Crippen LogP contribution in [0.4, 0.5) is 21.7 Å². The summed E-state index contributed by atoms with van der Waals surface area (Å²) in [5.74, 6) is 7.30. The Balaban J connectivity index is 2.43. The van der Waals surface area contributed by atoms with Gasteiger partial charge in [-0.15, -0.1) is 0 Å². The summed E-state index contributed by atoms with van der Waals surface area (Å²) >= 11 is 0. The van der Waals surface area contributed by atoms with Crippen molar-refractivity contribution in [2.75, 3.05) is 17.9 Å². The predicted molar refractivity (Wildman–Crippen MR) is 80.2 cm³/mol. The quantitative estimate of drug-likeness (QED) is 0.580. The normalized spacial score (nSPS) is 10.3. The van der Waals surface area contributed by atoms with Crippen molar-refractivity contribution in [3.05, 3.63) is 35.4 Å². The fraction of sp³-hybridized carbons (Fsp3) is 0.286. The maximum Gasteiger partial charge on any atom is 0.148 e. The molecular weight excluding hydrogens is 273 g/mol. The number of methoxy groups -OCH3 is 1. The zero-order valence-corrected chi connectivity index (χ0v) is 12.2. The van der Waals surface area contributed by atoms with Crippen LogP contribution in [-0.2, 0) is 6.42 Å². The van der Waals surface area contributed by atoms with Crippen LogP contribution in [0.1, 0.15) is 18.3 Å². The topological polar surface area (TPSA) is 85.1 Å². The van der Waals surface area contributed by atoms with Gasteiger partial charge in [0.2, 0.25) is 0 Å². The molecule has 0 radical (unpaired) electrons. The van der Waals surface area contributed by atoms with E-state index in [9.17, 15) is 4.39 Å². The molecule has 0 spiro atoms. The molecule has 0 unspecified atom stereocenters. The van der Waals surface area contributed by atoms with Gasteiger partial charge in [-0.3, -0.25) is 0 Å². The Morgan fingerprint density at radius 1 is 1.29 bits per heavy atom. The molecule has 6 nitrogen and oxygen atoms in total.